The molecule has 0 aromatic heterocycles. The largest absolute Gasteiger partial charge is 0.508 e. The molecular formula is C17H23NO. The molecule has 2 aliphatic carbocycles. The van der Waals surface area contributed by atoms with Crippen LogP contribution in [0.25, 0.3) is 0 Å². The third-order valence-electron chi connectivity index (χ3n) is 5.98. The molecule has 2 fully saturated rings. The number of hydrogen-bond donors (Lipinski definition) is 2. The van der Waals surface area contributed by atoms with E-state index in [1.165, 1.54) is 48.8 Å². The molecule has 2 heteroatoms. The molecule has 1 aromatic rings. The fourth-order valence-corrected chi connectivity index (χ4v) is 5.20. The van der Waals surface area contributed by atoms with Gasteiger partial charge in [-0.1, -0.05) is 12.8 Å². The molecule has 102 valence electrons. The van der Waals surface area contributed by atoms with E-state index in [1.54, 1.807) is 0 Å². The molecule has 2 N–H and O–H groups in total. The van der Waals surface area contributed by atoms with E-state index >= 15 is 0 Å². The Labute approximate surface area is 115 Å². The molecule has 1 aliphatic heterocycles. The first-order chi connectivity index (χ1) is 9.21. The van der Waals surface area contributed by atoms with Crippen LogP contribution in [0.4, 0.5) is 0 Å². The first-order valence-electron chi connectivity index (χ1n) is 7.77. The van der Waals surface area contributed by atoms with Crippen LogP contribution in [0.5, 0.6) is 5.75 Å². The molecule has 0 radical (unpaired) electrons. The smallest absolute Gasteiger partial charge is 0.116 e. The highest BCUT2D eigenvalue weighted by Gasteiger charge is 2.51. The third kappa shape index (κ3) is 1.53. The molecule has 1 heterocycles. The summed E-state index contributed by atoms with van der Waals surface area (Å²) >= 11 is 0. The van der Waals surface area contributed by atoms with Gasteiger partial charge in [-0.05, 0) is 73.9 Å². The Morgan fingerprint density at radius 3 is 3.05 bits per heavy atom. The van der Waals surface area contributed by atoms with Gasteiger partial charge in [-0.2, -0.15) is 0 Å². The van der Waals surface area contributed by atoms with E-state index in [1.807, 2.05) is 6.07 Å². The summed E-state index contributed by atoms with van der Waals surface area (Å²) in [5, 5.41) is 13.8. The highest BCUT2D eigenvalue weighted by Crippen LogP contribution is 2.54. The second kappa shape index (κ2) is 3.99. The molecule has 1 saturated heterocycles. The molecule has 0 spiro atoms. The zero-order chi connectivity index (χ0) is 13.0. The van der Waals surface area contributed by atoms with Gasteiger partial charge >= 0.3 is 0 Å². The monoisotopic (exact) mass is 257 g/mol. The molecule has 1 saturated carbocycles. The van der Waals surface area contributed by atoms with E-state index < -0.39 is 0 Å². The molecule has 2 nitrogen and oxygen atoms in total. The average molecular weight is 257 g/mol. The molecule has 4 rings (SSSR count). The maximum atomic E-state index is 10.0. The summed E-state index contributed by atoms with van der Waals surface area (Å²) in [6.45, 7) is 3.31. The minimum Gasteiger partial charge on any atom is -0.508 e. The average Bonchev–Trinajstić information content (AvgIpc) is 2.40. The van der Waals surface area contributed by atoms with E-state index in [0.29, 0.717) is 17.2 Å². The maximum absolute atomic E-state index is 10.0. The summed E-state index contributed by atoms with van der Waals surface area (Å²) < 4.78 is 0. The molecular weight excluding hydrogens is 234 g/mol. The number of benzene rings is 1. The molecule has 0 amide bonds. The highest BCUT2D eigenvalue weighted by atomic mass is 16.3. The quantitative estimate of drug-likeness (QED) is 0.748. The van der Waals surface area contributed by atoms with Gasteiger partial charge in [-0.15, -0.1) is 0 Å². The molecule has 0 unspecified atom stereocenters. The molecule has 1 aromatic carbocycles. The normalized spacial score (nSPS) is 36.5. The topological polar surface area (TPSA) is 32.3 Å². The van der Waals surface area contributed by atoms with E-state index in [0.717, 1.165) is 18.9 Å². The van der Waals surface area contributed by atoms with Gasteiger partial charge in [-0.25, -0.2) is 0 Å². The van der Waals surface area contributed by atoms with Crippen molar-refractivity contribution in [2.75, 3.05) is 6.54 Å². The first-order valence-corrected chi connectivity index (χ1v) is 7.77. The van der Waals surface area contributed by atoms with Crippen molar-refractivity contribution in [1.82, 2.24) is 5.32 Å². The number of aryl methyl sites for hydroxylation is 1. The van der Waals surface area contributed by atoms with Crippen LogP contribution in [0.3, 0.4) is 0 Å². The lowest BCUT2D eigenvalue weighted by molar-refractivity contribution is 0.0793. The fourth-order valence-electron chi connectivity index (χ4n) is 5.20. The summed E-state index contributed by atoms with van der Waals surface area (Å²) in [5.74, 6) is 1.26. The summed E-state index contributed by atoms with van der Waals surface area (Å²) in [5.41, 5.74) is 4.67. The summed E-state index contributed by atoms with van der Waals surface area (Å²) in [6.07, 6.45) is 7.85. The van der Waals surface area contributed by atoms with Gasteiger partial charge in [0.2, 0.25) is 0 Å². The Balaban J connectivity index is 1.94. The second-order valence-electron chi connectivity index (χ2n) is 6.81. The zero-order valence-electron chi connectivity index (χ0n) is 11.7. The summed E-state index contributed by atoms with van der Waals surface area (Å²) in [4.78, 5) is 0. The number of piperidine rings is 1. The van der Waals surface area contributed by atoms with Crippen molar-refractivity contribution in [2.45, 2.75) is 56.9 Å². The number of phenols is 1. The van der Waals surface area contributed by atoms with Crippen LogP contribution in [0, 0.1) is 12.8 Å². The van der Waals surface area contributed by atoms with Gasteiger partial charge in [0.15, 0.2) is 0 Å². The Bertz CT molecular complexity index is 520. The Morgan fingerprint density at radius 2 is 2.16 bits per heavy atom. The number of fused-ring (bicyclic) bond motifs is 1. The zero-order valence-corrected chi connectivity index (χ0v) is 11.7. The Hall–Kier alpha value is -1.02. The third-order valence-corrected chi connectivity index (χ3v) is 5.98. The van der Waals surface area contributed by atoms with Crippen LogP contribution in [-0.4, -0.2) is 17.7 Å². The molecule has 3 atom stereocenters. The molecule has 2 bridgehead atoms. The second-order valence-corrected chi connectivity index (χ2v) is 6.81. The van der Waals surface area contributed by atoms with E-state index in [-0.39, 0.29) is 0 Å². The Morgan fingerprint density at radius 1 is 1.26 bits per heavy atom. The number of rotatable bonds is 0. The predicted molar refractivity (Wildman–Crippen MR) is 76.6 cm³/mol. The van der Waals surface area contributed by atoms with Crippen molar-refractivity contribution < 1.29 is 5.11 Å². The first kappa shape index (κ1) is 11.8. The van der Waals surface area contributed by atoms with Crippen LogP contribution >= 0.6 is 0 Å². The van der Waals surface area contributed by atoms with Crippen LogP contribution in [-0.2, 0) is 11.8 Å². The van der Waals surface area contributed by atoms with Gasteiger partial charge < -0.3 is 10.4 Å². The van der Waals surface area contributed by atoms with Crippen LogP contribution in [0.1, 0.15) is 48.8 Å². The van der Waals surface area contributed by atoms with Gasteiger partial charge in [-0.3, -0.25) is 0 Å². The number of aromatic hydroxyl groups is 1. The number of phenolic OH excluding ortho intramolecular Hbond substituents is 1. The van der Waals surface area contributed by atoms with Crippen LogP contribution in [0.15, 0.2) is 12.1 Å². The van der Waals surface area contributed by atoms with Crippen LogP contribution in [0.2, 0.25) is 0 Å². The summed E-state index contributed by atoms with van der Waals surface area (Å²) in [7, 11) is 0. The van der Waals surface area contributed by atoms with E-state index in [4.69, 9.17) is 0 Å². The lowest BCUT2D eigenvalue weighted by atomic mass is 9.52. The maximum Gasteiger partial charge on any atom is 0.116 e. The fraction of sp³-hybridized carbons (Fsp3) is 0.647. The van der Waals surface area contributed by atoms with Crippen molar-refractivity contribution in [1.29, 1.82) is 0 Å². The SMILES string of the molecule is Cc1cc(O)cc2c1C[C@H]1NCC[C@@]23CCCC[C@@H]13. The van der Waals surface area contributed by atoms with Gasteiger partial charge in [0.05, 0.1) is 0 Å². The van der Waals surface area contributed by atoms with Gasteiger partial charge in [0, 0.05) is 11.5 Å². The molecule has 3 aliphatic rings. The van der Waals surface area contributed by atoms with Crippen molar-refractivity contribution in [2.24, 2.45) is 5.92 Å². The van der Waals surface area contributed by atoms with Crippen molar-refractivity contribution in [3.8, 4) is 5.75 Å². The van der Waals surface area contributed by atoms with Crippen molar-refractivity contribution in [3.63, 3.8) is 0 Å². The number of hydrogen-bond acceptors (Lipinski definition) is 2. The number of nitrogens with one attached hydrogen (secondary N) is 1. The standard InChI is InChI=1S/C17H23NO/c1-11-8-12(19)9-15-13(11)10-16-14-4-2-3-5-17(14,15)6-7-18-16/h8-9,14,16,18-19H,2-7,10H2,1H3/t14-,16+,17+/m0/s1. The molecule has 19 heavy (non-hydrogen) atoms. The lowest BCUT2D eigenvalue weighted by Gasteiger charge is -2.56. The highest BCUT2D eigenvalue weighted by molar-refractivity contribution is 5.49. The summed E-state index contributed by atoms with van der Waals surface area (Å²) in [6, 6.07) is 4.70. The van der Waals surface area contributed by atoms with Crippen molar-refractivity contribution in [3.05, 3.63) is 28.8 Å². The minimum atomic E-state index is 0.366. The van der Waals surface area contributed by atoms with Gasteiger partial charge in [0.1, 0.15) is 5.75 Å². The van der Waals surface area contributed by atoms with Gasteiger partial charge in [0.25, 0.3) is 0 Å². The van der Waals surface area contributed by atoms with Crippen LogP contribution < -0.4 is 5.32 Å². The minimum absolute atomic E-state index is 0.366. The Kier molecular flexibility index (Phi) is 2.47. The van der Waals surface area contributed by atoms with E-state index in [2.05, 4.69) is 18.3 Å². The lowest BCUT2D eigenvalue weighted by Crippen LogP contribution is -2.59. The predicted octanol–water partition coefficient (Wildman–Crippen LogP) is 3.05. The van der Waals surface area contributed by atoms with Crippen molar-refractivity contribution >= 4 is 0 Å². The van der Waals surface area contributed by atoms with E-state index in [9.17, 15) is 5.11 Å².